The molecule has 0 saturated carbocycles. The molecule has 9 heteroatoms. The van der Waals surface area contributed by atoms with Crippen LogP contribution in [0.3, 0.4) is 0 Å². The number of hydrogen-bond donors (Lipinski definition) is 0. The first-order valence-electron chi connectivity index (χ1n) is 12.9. The van der Waals surface area contributed by atoms with E-state index in [9.17, 15) is 9.59 Å². The van der Waals surface area contributed by atoms with E-state index in [-0.39, 0.29) is 5.91 Å². The van der Waals surface area contributed by atoms with Crippen LogP contribution in [0, 0.1) is 5.92 Å². The third-order valence-electron chi connectivity index (χ3n) is 7.04. The second kappa shape index (κ2) is 11.2. The average Bonchev–Trinajstić information content (AvgIpc) is 3.48. The predicted molar refractivity (Wildman–Crippen MR) is 145 cm³/mol. The number of amides is 2. The molecule has 2 amide bonds. The minimum absolute atomic E-state index is 0.357. The zero-order chi connectivity index (χ0) is 27.5. The highest BCUT2D eigenvalue weighted by molar-refractivity contribution is 6.24. The van der Waals surface area contributed by atoms with Crippen molar-refractivity contribution in [3.8, 4) is 23.0 Å². The van der Waals surface area contributed by atoms with E-state index in [1.807, 2.05) is 30.3 Å². The van der Waals surface area contributed by atoms with E-state index < -0.39 is 24.0 Å². The van der Waals surface area contributed by atoms with Gasteiger partial charge in [-0.3, -0.25) is 14.4 Å². The summed E-state index contributed by atoms with van der Waals surface area (Å²) in [6.07, 6.45) is 0.967. The van der Waals surface area contributed by atoms with Crippen molar-refractivity contribution in [2.45, 2.75) is 31.9 Å². The van der Waals surface area contributed by atoms with E-state index in [2.05, 4.69) is 6.92 Å². The lowest BCUT2D eigenvalue weighted by atomic mass is 9.89. The minimum Gasteiger partial charge on any atom is -0.496 e. The molecule has 3 aromatic rings. The van der Waals surface area contributed by atoms with Gasteiger partial charge in [0, 0.05) is 11.6 Å². The molecule has 3 atom stereocenters. The number of carbonyl (C=O) groups is 2. The van der Waals surface area contributed by atoms with Gasteiger partial charge in [0.05, 0.1) is 39.3 Å². The summed E-state index contributed by atoms with van der Waals surface area (Å²) >= 11 is 0. The minimum atomic E-state index is -1.01. The molecule has 3 aromatic carbocycles. The Morgan fingerprint density at radius 2 is 1.46 bits per heavy atom. The van der Waals surface area contributed by atoms with Gasteiger partial charge in [-0.15, -0.1) is 0 Å². The van der Waals surface area contributed by atoms with Crippen LogP contribution in [0.1, 0.15) is 31.4 Å². The van der Waals surface area contributed by atoms with Crippen molar-refractivity contribution < 1.29 is 33.4 Å². The van der Waals surface area contributed by atoms with Crippen LogP contribution in [0.15, 0.2) is 66.7 Å². The third kappa shape index (κ3) is 4.74. The van der Waals surface area contributed by atoms with Gasteiger partial charge in [-0.2, -0.15) is 0 Å². The number of ether oxygens (including phenoxy) is 4. The fourth-order valence-electron chi connectivity index (χ4n) is 5.09. The SMILES string of the molecule is CCCCOc1ccc(N2C(=O)[C@@H]3[C@@H](c4cc(OC)c(OC)cc4OC)N(c4ccccc4)O[C@H]3C2=O)cc1. The number of rotatable bonds is 10. The number of unbranched alkanes of at least 4 members (excludes halogenated alkanes) is 1. The Labute approximate surface area is 227 Å². The van der Waals surface area contributed by atoms with E-state index in [1.165, 1.54) is 4.90 Å². The van der Waals surface area contributed by atoms with Crippen molar-refractivity contribution in [3.05, 3.63) is 72.3 Å². The van der Waals surface area contributed by atoms with Gasteiger partial charge in [0.2, 0.25) is 5.91 Å². The van der Waals surface area contributed by atoms with Crippen molar-refractivity contribution in [2.24, 2.45) is 5.92 Å². The first kappa shape index (κ1) is 26.4. The number of methoxy groups -OCH3 is 3. The van der Waals surface area contributed by atoms with Gasteiger partial charge in [-0.05, 0) is 48.9 Å². The highest BCUT2D eigenvalue weighted by Crippen LogP contribution is 2.51. The maximum absolute atomic E-state index is 14.0. The Kier molecular flexibility index (Phi) is 7.60. The summed E-state index contributed by atoms with van der Waals surface area (Å²) in [6, 6.07) is 19.1. The summed E-state index contributed by atoms with van der Waals surface area (Å²) in [6.45, 7) is 2.71. The Morgan fingerprint density at radius 1 is 0.795 bits per heavy atom. The van der Waals surface area contributed by atoms with Crippen molar-refractivity contribution >= 4 is 23.2 Å². The van der Waals surface area contributed by atoms with Gasteiger partial charge in [0.15, 0.2) is 17.6 Å². The van der Waals surface area contributed by atoms with E-state index in [1.54, 1.807) is 62.8 Å². The van der Waals surface area contributed by atoms with Crippen molar-refractivity contribution in [1.29, 1.82) is 0 Å². The quantitative estimate of drug-likeness (QED) is 0.268. The van der Waals surface area contributed by atoms with Crippen LogP contribution >= 0.6 is 0 Å². The Hall–Kier alpha value is -4.24. The summed E-state index contributed by atoms with van der Waals surface area (Å²) in [5.74, 6) is 0.511. The number of nitrogens with zero attached hydrogens (tertiary/aromatic N) is 2. The van der Waals surface area contributed by atoms with Gasteiger partial charge < -0.3 is 18.9 Å². The lowest BCUT2D eigenvalue weighted by Crippen LogP contribution is -2.37. The fraction of sp³-hybridized carbons (Fsp3) is 0.333. The number of para-hydroxylation sites is 1. The van der Waals surface area contributed by atoms with Crippen LogP contribution in [-0.2, 0) is 14.4 Å². The summed E-state index contributed by atoms with van der Waals surface area (Å²) in [5, 5.41) is 1.62. The van der Waals surface area contributed by atoms with E-state index >= 15 is 0 Å². The van der Waals surface area contributed by atoms with E-state index in [0.717, 1.165) is 12.8 Å². The largest absolute Gasteiger partial charge is 0.496 e. The molecule has 5 rings (SSSR count). The van der Waals surface area contributed by atoms with Gasteiger partial charge in [0.1, 0.15) is 23.5 Å². The maximum Gasteiger partial charge on any atom is 0.266 e. The Bertz CT molecular complexity index is 1330. The number of hydrogen-bond acceptors (Lipinski definition) is 8. The highest BCUT2D eigenvalue weighted by Gasteiger charge is 2.61. The monoisotopic (exact) mass is 532 g/mol. The summed E-state index contributed by atoms with van der Waals surface area (Å²) in [4.78, 5) is 35.1. The molecule has 2 fully saturated rings. The topological polar surface area (TPSA) is 86.8 Å². The summed E-state index contributed by atoms with van der Waals surface area (Å²) < 4.78 is 22.5. The van der Waals surface area contributed by atoms with E-state index in [0.29, 0.717) is 46.5 Å². The van der Waals surface area contributed by atoms with Crippen LogP contribution in [0.5, 0.6) is 23.0 Å². The number of hydroxylamine groups is 1. The lowest BCUT2D eigenvalue weighted by Gasteiger charge is -2.30. The third-order valence-corrected chi connectivity index (χ3v) is 7.04. The molecule has 204 valence electrons. The van der Waals surface area contributed by atoms with Crippen LogP contribution in [0.4, 0.5) is 11.4 Å². The summed E-state index contributed by atoms with van der Waals surface area (Å²) in [7, 11) is 4.63. The molecule has 0 N–H and O–H groups in total. The first-order valence-corrected chi connectivity index (χ1v) is 12.9. The predicted octanol–water partition coefficient (Wildman–Crippen LogP) is 4.94. The molecule has 39 heavy (non-hydrogen) atoms. The van der Waals surface area contributed by atoms with Gasteiger partial charge in [0.25, 0.3) is 5.91 Å². The molecular weight excluding hydrogens is 500 g/mol. The van der Waals surface area contributed by atoms with Gasteiger partial charge in [-0.1, -0.05) is 31.5 Å². The van der Waals surface area contributed by atoms with Crippen LogP contribution in [-0.4, -0.2) is 45.9 Å². The smallest absolute Gasteiger partial charge is 0.266 e. The van der Waals surface area contributed by atoms with Crippen molar-refractivity contribution in [1.82, 2.24) is 0 Å². The molecule has 0 spiro atoms. The van der Waals surface area contributed by atoms with Crippen LogP contribution in [0.25, 0.3) is 0 Å². The number of fused-ring (bicyclic) bond motifs is 1. The molecule has 0 aliphatic carbocycles. The number of anilines is 2. The Balaban J connectivity index is 1.54. The molecule has 2 heterocycles. The molecule has 9 nitrogen and oxygen atoms in total. The van der Waals surface area contributed by atoms with Crippen molar-refractivity contribution in [2.75, 3.05) is 37.9 Å². The first-order chi connectivity index (χ1) is 19.0. The standard InChI is InChI=1S/C30H32N2O7/c1-5-6-16-38-21-14-12-19(13-15-21)31-29(33)26-27(22-17-24(36-3)25(37-4)18-23(22)35-2)32(39-28(26)30(31)34)20-10-8-7-9-11-20/h7-15,17-18,26-28H,5-6,16H2,1-4H3/t26-,27-,28-/m1/s1. The van der Waals surface area contributed by atoms with Crippen LogP contribution < -0.4 is 28.9 Å². The normalized spacial score (nSPS) is 20.3. The van der Waals surface area contributed by atoms with Crippen molar-refractivity contribution in [3.63, 3.8) is 0 Å². The average molecular weight is 533 g/mol. The molecule has 0 radical (unpaired) electrons. The molecule has 0 unspecified atom stereocenters. The second-order valence-corrected chi connectivity index (χ2v) is 9.31. The molecule has 0 bridgehead atoms. The van der Waals surface area contributed by atoms with Crippen LogP contribution in [0.2, 0.25) is 0 Å². The Morgan fingerprint density at radius 3 is 2.10 bits per heavy atom. The molecule has 2 saturated heterocycles. The molecule has 2 aliphatic heterocycles. The number of imide groups is 1. The zero-order valence-corrected chi connectivity index (χ0v) is 22.5. The second-order valence-electron chi connectivity index (χ2n) is 9.31. The summed E-state index contributed by atoms with van der Waals surface area (Å²) in [5.41, 5.74) is 1.80. The zero-order valence-electron chi connectivity index (χ0n) is 22.5. The lowest BCUT2D eigenvalue weighted by molar-refractivity contribution is -0.126. The van der Waals surface area contributed by atoms with E-state index in [4.69, 9.17) is 23.8 Å². The van der Waals surface area contributed by atoms with Gasteiger partial charge in [-0.25, -0.2) is 9.96 Å². The molecular formula is C30H32N2O7. The van der Waals surface area contributed by atoms with Gasteiger partial charge >= 0.3 is 0 Å². The molecule has 2 aliphatic rings. The number of carbonyl (C=O) groups excluding carboxylic acids is 2. The fourth-order valence-corrected chi connectivity index (χ4v) is 5.09. The number of benzene rings is 3. The highest BCUT2D eigenvalue weighted by atomic mass is 16.7. The molecule has 0 aromatic heterocycles. The maximum atomic E-state index is 14.0.